The van der Waals surface area contributed by atoms with Crippen molar-refractivity contribution in [3.63, 3.8) is 0 Å². The van der Waals surface area contributed by atoms with E-state index in [1.807, 2.05) is 25.3 Å². The zero-order valence-electron chi connectivity index (χ0n) is 19.7. The first-order valence-electron chi connectivity index (χ1n) is 11.4. The summed E-state index contributed by atoms with van der Waals surface area (Å²) in [6.45, 7) is 6.41. The number of nitrogens with zero attached hydrogens (tertiary/aromatic N) is 6. The lowest BCUT2D eigenvalue weighted by Crippen LogP contribution is -2.33. The summed E-state index contributed by atoms with van der Waals surface area (Å²) in [6, 6.07) is 2.91. The Bertz CT molecular complexity index is 1230. The molecule has 186 valence electrons. The third kappa shape index (κ3) is 4.74. The van der Waals surface area contributed by atoms with Crippen LogP contribution in [0.1, 0.15) is 43.6 Å². The maximum Gasteiger partial charge on any atom is 0.166 e. The highest BCUT2D eigenvalue weighted by atomic mass is 19.1. The topological polar surface area (TPSA) is 126 Å². The van der Waals surface area contributed by atoms with Gasteiger partial charge in [0, 0.05) is 12.3 Å². The van der Waals surface area contributed by atoms with Crippen LogP contribution in [-0.2, 0) is 25.4 Å². The first-order chi connectivity index (χ1) is 16.9. The zero-order valence-corrected chi connectivity index (χ0v) is 19.7. The number of aryl methyl sites for hydroxylation is 2. The highest BCUT2D eigenvalue weighted by molar-refractivity contribution is 5.76. The van der Waals surface area contributed by atoms with E-state index in [4.69, 9.17) is 24.2 Å². The van der Waals surface area contributed by atoms with Crippen LogP contribution in [0.25, 0.3) is 11.2 Å². The molecule has 3 aromatic heterocycles. The third-order valence-electron chi connectivity index (χ3n) is 6.06. The number of halogens is 1. The number of pyridine rings is 1. The average molecular weight is 487 g/mol. The molecule has 0 unspecified atom stereocenters. The van der Waals surface area contributed by atoms with E-state index in [-0.39, 0.29) is 24.0 Å². The fourth-order valence-corrected chi connectivity index (χ4v) is 4.51. The Morgan fingerprint density at radius 2 is 2.06 bits per heavy atom. The van der Waals surface area contributed by atoms with Gasteiger partial charge < -0.3 is 24.2 Å². The van der Waals surface area contributed by atoms with E-state index in [0.29, 0.717) is 42.9 Å². The van der Waals surface area contributed by atoms with Crippen molar-refractivity contribution < 1.29 is 28.5 Å². The number of hydrogen-bond acceptors (Lipinski definition) is 10. The number of imidazole rings is 1. The van der Waals surface area contributed by atoms with Crippen LogP contribution in [0.15, 0.2) is 29.9 Å². The average Bonchev–Trinajstić information content (AvgIpc) is 3.47. The first kappa shape index (κ1) is 23.7. The lowest BCUT2D eigenvalue weighted by Gasteiger charge is -2.24. The van der Waals surface area contributed by atoms with Gasteiger partial charge in [-0.25, -0.2) is 24.3 Å². The molecule has 35 heavy (non-hydrogen) atoms. The van der Waals surface area contributed by atoms with Crippen molar-refractivity contribution in [3.8, 4) is 0 Å². The lowest BCUT2D eigenvalue weighted by molar-refractivity contribution is -0.201. The number of oxime groups is 1. The Morgan fingerprint density at radius 3 is 2.89 bits per heavy atom. The molecule has 2 saturated heterocycles. The normalized spacial score (nSPS) is 25.6. The van der Waals surface area contributed by atoms with Crippen LogP contribution >= 0.6 is 0 Å². The molecular weight excluding hydrogens is 459 g/mol. The zero-order chi connectivity index (χ0) is 24.6. The number of aromatic nitrogens is 5. The van der Waals surface area contributed by atoms with E-state index in [1.165, 1.54) is 12.4 Å². The Hall–Kier alpha value is -3.06. The molecule has 0 radical (unpaired) electrons. The van der Waals surface area contributed by atoms with Crippen molar-refractivity contribution in [1.29, 1.82) is 0 Å². The van der Waals surface area contributed by atoms with Crippen LogP contribution in [0.2, 0.25) is 0 Å². The van der Waals surface area contributed by atoms with Gasteiger partial charge in [0.15, 0.2) is 23.5 Å². The maximum absolute atomic E-state index is 13.6. The summed E-state index contributed by atoms with van der Waals surface area (Å²) in [6.07, 6.45) is 3.96. The van der Waals surface area contributed by atoms with Gasteiger partial charge in [0.25, 0.3) is 0 Å². The van der Waals surface area contributed by atoms with E-state index in [1.54, 1.807) is 12.4 Å². The summed E-state index contributed by atoms with van der Waals surface area (Å²) in [5, 5.41) is 11.5. The molecule has 3 aromatic rings. The summed E-state index contributed by atoms with van der Waals surface area (Å²) in [7, 11) is 0. The number of ether oxygens (including phenoxy) is 4. The monoisotopic (exact) mass is 486 g/mol. The molecule has 1 N–H and O–H groups in total. The molecule has 0 spiro atoms. The van der Waals surface area contributed by atoms with Crippen LogP contribution < -0.4 is 0 Å². The molecule has 4 atom stereocenters. The van der Waals surface area contributed by atoms with Crippen molar-refractivity contribution in [1.82, 2.24) is 24.5 Å². The summed E-state index contributed by atoms with van der Waals surface area (Å²) in [5.74, 6) is -1.29. The molecule has 11 nitrogen and oxygen atoms in total. The molecule has 5 heterocycles. The quantitative estimate of drug-likeness (QED) is 0.221. The van der Waals surface area contributed by atoms with Crippen molar-refractivity contribution in [3.05, 3.63) is 47.7 Å². The fourth-order valence-electron chi connectivity index (χ4n) is 4.51. The molecule has 12 heteroatoms. The smallest absolute Gasteiger partial charge is 0.166 e. The van der Waals surface area contributed by atoms with Crippen LogP contribution in [0.3, 0.4) is 0 Å². The van der Waals surface area contributed by atoms with Crippen molar-refractivity contribution in [2.24, 2.45) is 5.16 Å². The highest BCUT2D eigenvalue weighted by Crippen LogP contribution is 2.43. The fraction of sp³-hybridized carbons (Fsp3) is 0.522. The van der Waals surface area contributed by atoms with Gasteiger partial charge in [-0.05, 0) is 45.7 Å². The molecule has 0 saturated carbocycles. The van der Waals surface area contributed by atoms with Crippen LogP contribution in [-0.4, -0.2) is 73.2 Å². The Morgan fingerprint density at radius 1 is 1.23 bits per heavy atom. The minimum Gasteiger partial charge on any atom is -0.411 e. The standard InChI is InChI=1S/C23H27FN6O5/c1-13-18-21(26-11-25-13)30(12-27-18)22-20-19(34-23(2,3)35-20)17(33-22)10-32-8-4-5-14-6-7-15(24)16(29-14)9-28-31/h6-7,9,11-12,17,19-20,22,31H,4-5,8,10H2,1-3H3/b28-9-/t17-,19-,20-,22-/m1/s1. The van der Waals surface area contributed by atoms with Crippen LogP contribution in [0, 0.1) is 12.7 Å². The van der Waals surface area contributed by atoms with Crippen molar-refractivity contribution >= 4 is 17.4 Å². The molecule has 0 amide bonds. The van der Waals surface area contributed by atoms with E-state index in [0.717, 1.165) is 11.9 Å². The maximum atomic E-state index is 13.6. The van der Waals surface area contributed by atoms with Gasteiger partial charge in [0.2, 0.25) is 0 Å². The Kier molecular flexibility index (Phi) is 6.45. The predicted octanol–water partition coefficient (Wildman–Crippen LogP) is 2.54. The molecule has 0 aromatic carbocycles. The first-order valence-corrected chi connectivity index (χ1v) is 11.4. The Balaban J connectivity index is 1.22. The van der Waals surface area contributed by atoms with Crippen molar-refractivity contribution in [2.75, 3.05) is 13.2 Å². The molecule has 2 fully saturated rings. The number of fused-ring (bicyclic) bond motifs is 2. The summed E-state index contributed by atoms with van der Waals surface area (Å²) < 4.78 is 40.1. The summed E-state index contributed by atoms with van der Waals surface area (Å²) in [4.78, 5) is 17.2. The molecule has 2 aliphatic rings. The van der Waals surface area contributed by atoms with Gasteiger partial charge in [-0.15, -0.1) is 0 Å². The summed E-state index contributed by atoms with van der Waals surface area (Å²) >= 11 is 0. The van der Waals surface area contributed by atoms with E-state index < -0.39 is 17.8 Å². The molecule has 2 aliphatic heterocycles. The van der Waals surface area contributed by atoms with E-state index in [9.17, 15) is 4.39 Å². The third-order valence-corrected chi connectivity index (χ3v) is 6.06. The van der Waals surface area contributed by atoms with Gasteiger partial charge in [-0.1, -0.05) is 5.16 Å². The van der Waals surface area contributed by atoms with Gasteiger partial charge in [-0.2, -0.15) is 0 Å². The van der Waals surface area contributed by atoms with Crippen molar-refractivity contribution in [2.45, 2.75) is 63.9 Å². The SMILES string of the molecule is Cc1ncnc2c1ncn2[C@@H]1O[C@H](COCCCc2ccc(F)c(/C=N\O)n2)[C@H]2OC(C)(C)O[C@H]21. The largest absolute Gasteiger partial charge is 0.411 e. The summed E-state index contributed by atoms with van der Waals surface area (Å²) in [5.41, 5.74) is 2.86. The van der Waals surface area contributed by atoms with Gasteiger partial charge in [0.1, 0.15) is 35.8 Å². The van der Waals surface area contributed by atoms with Gasteiger partial charge in [-0.3, -0.25) is 4.57 Å². The molecule has 5 rings (SSSR count). The van der Waals surface area contributed by atoms with Gasteiger partial charge >= 0.3 is 0 Å². The number of hydrogen-bond donors (Lipinski definition) is 1. The van der Waals surface area contributed by atoms with Crippen LogP contribution in [0.4, 0.5) is 4.39 Å². The molecular formula is C23H27FN6O5. The minimum atomic E-state index is -0.749. The predicted molar refractivity (Wildman–Crippen MR) is 121 cm³/mol. The Labute approximate surface area is 200 Å². The molecule has 0 bridgehead atoms. The van der Waals surface area contributed by atoms with Gasteiger partial charge in [0.05, 0.1) is 24.8 Å². The minimum absolute atomic E-state index is 0.00385. The van der Waals surface area contributed by atoms with Crippen LogP contribution in [0.5, 0.6) is 0 Å². The van der Waals surface area contributed by atoms with E-state index >= 15 is 0 Å². The second kappa shape index (κ2) is 9.53. The highest BCUT2D eigenvalue weighted by Gasteiger charge is 2.56. The molecule has 0 aliphatic carbocycles. The second-order valence-corrected chi connectivity index (χ2v) is 9.01. The lowest BCUT2D eigenvalue weighted by atomic mass is 10.1. The number of rotatable bonds is 8. The second-order valence-electron chi connectivity index (χ2n) is 9.01. The van der Waals surface area contributed by atoms with E-state index in [2.05, 4.69) is 25.1 Å².